The van der Waals surface area contributed by atoms with Crippen molar-refractivity contribution in [2.24, 2.45) is 0 Å². The average molecular weight is 425 g/mol. The van der Waals surface area contributed by atoms with Crippen LogP contribution < -0.4 is 15.5 Å². The number of nitrogens with zero attached hydrogens (tertiary/aromatic N) is 3. The Balaban J connectivity index is 1.43. The first-order chi connectivity index (χ1) is 15.0. The van der Waals surface area contributed by atoms with Gasteiger partial charge in [0, 0.05) is 36.1 Å². The Morgan fingerprint density at radius 3 is 2.39 bits per heavy atom. The van der Waals surface area contributed by atoms with Gasteiger partial charge in [-0.05, 0) is 49.4 Å². The molecule has 0 spiro atoms. The lowest BCUT2D eigenvalue weighted by atomic mass is 10.2. The highest BCUT2D eigenvalue weighted by Gasteiger charge is 2.14. The zero-order valence-corrected chi connectivity index (χ0v) is 16.9. The van der Waals surface area contributed by atoms with Crippen LogP contribution in [0.4, 0.5) is 31.8 Å². The van der Waals surface area contributed by atoms with Gasteiger partial charge in [-0.25, -0.2) is 18.7 Å². The maximum atomic E-state index is 13.3. The number of aryl methyl sites for hydroxylation is 1. The largest absolute Gasteiger partial charge is 0.378 e. The van der Waals surface area contributed by atoms with Crippen LogP contribution in [-0.2, 0) is 4.74 Å². The molecule has 1 aliphatic rings. The van der Waals surface area contributed by atoms with Gasteiger partial charge in [-0.3, -0.25) is 4.79 Å². The number of halogens is 2. The summed E-state index contributed by atoms with van der Waals surface area (Å²) in [6, 6.07) is 11.9. The van der Waals surface area contributed by atoms with E-state index in [0.29, 0.717) is 30.5 Å². The fourth-order valence-electron chi connectivity index (χ4n) is 3.20. The van der Waals surface area contributed by atoms with Crippen molar-refractivity contribution in [3.63, 3.8) is 0 Å². The Morgan fingerprint density at radius 1 is 0.968 bits per heavy atom. The van der Waals surface area contributed by atoms with Crippen LogP contribution in [0.5, 0.6) is 0 Å². The third-order valence-electron chi connectivity index (χ3n) is 4.76. The van der Waals surface area contributed by atoms with Crippen LogP contribution in [0, 0.1) is 18.6 Å². The van der Waals surface area contributed by atoms with Crippen molar-refractivity contribution in [3.8, 4) is 0 Å². The zero-order chi connectivity index (χ0) is 21.8. The van der Waals surface area contributed by atoms with Gasteiger partial charge in [0.05, 0.1) is 13.2 Å². The van der Waals surface area contributed by atoms with Gasteiger partial charge in [-0.15, -0.1) is 0 Å². The molecule has 2 heterocycles. The number of rotatable bonds is 5. The first kappa shape index (κ1) is 20.7. The number of aromatic nitrogens is 2. The van der Waals surface area contributed by atoms with Crippen LogP contribution >= 0.6 is 0 Å². The maximum absolute atomic E-state index is 13.3. The number of morpholine rings is 1. The van der Waals surface area contributed by atoms with Gasteiger partial charge in [-0.2, -0.15) is 0 Å². The van der Waals surface area contributed by atoms with Gasteiger partial charge in [0.2, 0.25) is 0 Å². The molecule has 1 saturated heterocycles. The van der Waals surface area contributed by atoms with Crippen molar-refractivity contribution < 1.29 is 18.3 Å². The summed E-state index contributed by atoms with van der Waals surface area (Å²) in [5.41, 5.74) is 1.33. The quantitative estimate of drug-likeness (QED) is 0.646. The molecule has 3 aromatic rings. The molecular weight excluding hydrogens is 404 g/mol. The summed E-state index contributed by atoms with van der Waals surface area (Å²) in [4.78, 5) is 23.3. The van der Waals surface area contributed by atoms with E-state index in [0.717, 1.165) is 36.7 Å². The molecule has 0 atom stereocenters. The molecule has 4 rings (SSSR count). The molecule has 2 aromatic carbocycles. The van der Waals surface area contributed by atoms with Gasteiger partial charge >= 0.3 is 0 Å². The Bertz CT molecular complexity index is 1090. The number of carbonyl (C=O) groups excluding carboxylic acids is 1. The highest BCUT2D eigenvalue weighted by molar-refractivity contribution is 6.04. The molecule has 0 radical (unpaired) electrons. The minimum atomic E-state index is -1.07. The number of carbonyl (C=O) groups is 1. The van der Waals surface area contributed by atoms with Gasteiger partial charge in [0.25, 0.3) is 5.91 Å². The smallest absolute Gasteiger partial charge is 0.255 e. The number of nitrogens with one attached hydrogen (secondary N) is 2. The first-order valence-corrected chi connectivity index (χ1v) is 9.80. The van der Waals surface area contributed by atoms with Crippen LogP contribution in [0.3, 0.4) is 0 Å². The first-order valence-electron chi connectivity index (χ1n) is 9.80. The van der Waals surface area contributed by atoms with Gasteiger partial charge in [-0.1, -0.05) is 0 Å². The van der Waals surface area contributed by atoms with Crippen LogP contribution in [0.15, 0.2) is 48.5 Å². The van der Waals surface area contributed by atoms with E-state index < -0.39 is 17.5 Å². The summed E-state index contributed by atoms with van der Waals surface area (Å²) >= 11 is 0. The summed E-state index contributed by atoms with van der Waals surface area (Å²) in [7, 11) is 0. The van der Waals surface area contributed by atoms with E-state index >= 15 is 0 Å². The van der Waals surface area contributed by atoms with E-state index in [4.69, 9.17) is 4.74 Å². The van der Waals surface area contributed by atoms with Gasteiger partial charge < -0.3 is 20.3 Å². The predicted octanol–water partition coefficient (Wildman–Crippen LogP) is 3.90. The monoisotopic (exact) mass is 425 g/mol. The summed E-state index contributed by atoms with van der Waals surface area (Å²) in [5.74, 6) is -0.433. The molecule has 7 nitrogen and oxygen atoms in total. The summed E-state index contributed by atoms with van der Waals surface area (Å²) in [6.45, 7) is 4.74. The Morgan fingerprint density at radius 2 is 1.68 bits per heavy atom. The molecule has 0 bridgehead atoms. The second-order valence-electron chi connectivity index (χ2n) is 7.04. The molecule has 31 heavy (non-hydrogen) atoms. The second kappa shape index (κ2) is 9.05. The van der Waals surface area contributed by atoms with Crippen LogP contribution in [0.25, 0.3) is 0 Å². The molecule has 0 unspecified atom stereocenters. The minimum Gasteiger partial charge on any atom is -0.378 e. The molecule has 2 N–H and O–H groups in total. The SMILES string of the molecule is Cc1nc(Nc2ccc(NC(=O)c3ccc(F)c(F)c3)cc2)cc(N2CCOCC2)n1. The molecule has 1 amide bonds. The van der Waals surface area contributed by atoms with E-state index in [-0.39, 0.29) is 5.56 Å². The lowest BCUT2D eigenvalue weighted by Gasteiger charge is -2.28. The average Bonchev–Trinajstić information content (AvgIpc) is 2.77. The summed E-state index contributed by atoms with van der Waals surface area (Å²) < 4.78 is 31.8. The van der Waals surface area contributed by atoms with Crippen molar-refractivity contribution in [2.45, 2.75) is 6.92 Å². The number of ether oxygens (including phenoxy) is 1. The van der Waals surface area contributed by atoms with Crippen molar-refractivity contribution >= 4 is 28.9 Å². The highest BCUT2D eigenvalue weighted by Crippen LogP contribution is 2.22. The third kappa shape index (κ3) is 5.13. The Labute approximate surface area is 178 Å². The highest BCUT2D eigenvalue weighted by atomic mass is 19.2. The van der Waals surface area contributed by atoms with Crippen LogP contribution in [0.2, 0.25) is 0 Å². The van der Waals surface area contributed by atoms with E-state index in [9.17, 15) is 13.6 Å². The molecule has 160 valence electrons. The summed E-state index contributed by atoms with van der Waals surface area (Å²) in [6.07, 6.45) is 0. The van der Waals surface area contributed by atoms with Crippen LogP contribution in [-0.4, -0.2) is 42.2 Å². The maximum Gasteiger partial charge on any atom is 0.255 e. The number of hydrogen-bond acceptors (Lipinski definition) is 6. The van der Waals surface area contributed by atoms with E-state index in [1.807, 2.05) is 13.0 Å². The molecule has 1 aliphatic heterocycles. The number of benzene rings is 2. The molecular formula is C22H21F2N5O2. The third-order valence-corrected chi connectivity index (χ3v) is 4.76. The van der Waals surface area contributed by atoms with Crippen molar-refractivity contribution in [1.29, 1.82) is 0 Å². The fourth-order valence-corrected chi connectivity index (χ4v) is 3.20. The number of amides is 1. The number of hydrogen-bond donors (Lipinski definition) is 2. The van der Waals surface area contributed by atoms with Gasteiger partial charge in [0.1, 0.15) is 17.5 Å². The lowest BCUT2D eigenvalue weighted by Crippen LogP contribution is -2.36. The van der Waals surface area contributed by atoms with Crippen molar-refractivity contribution in [3.05, 3.63) is 71.6 Å². The molecule has 1 fully saturated rings. The minimum absolute atomic E-state index is 0.0354. The standard InChI is InChI=1S/C22H21F2N5O2/c1-14-25-20(13-21(26-14)29-8-10-31-11-9-29)27-16-3-5-17(6-4-16)28-22(30)15-2-7-18(23)19(24)12-15/h2-7,12-13H,8-11H2,1H3,(H,28,30)(H,25,26,27). The second-order valence-corrected chi connectivity index (χ2v) is 7.04. The molecule has 1 aromatic heterocycles. The Hall–Kier alpha value is -3.59. The van der Waals surface area contributed by atoms with Crippen molar-refractivity contribution in [2.75, 3.05) is 41.8 Å². The topological polar surface area (TPSA) is 79.4 Å². The zero-order valence-electron chi connectivity index (χ0n) is 16.9. The number of anilines is 4. The summed E-state index contributed by atoms with van der Waals surface area (Å²) in [5, 5.41) is 5.89. The Kier molecular flexibility index (Phi) is 6.03. The molecule has 0 saturated carbocycles. The fraction of sp³-hybridized carbons (Fsp3) is 0.227. The van der Waals surface area contributed by atoms with Crippen LogP contribution in [0.1, 0.15) is 16.2 Å². The van der Waals surface area contributed by atoms with E-state index in [1.54, 1.807) is 24.3 Å². The van der Waals surface area contributed by atoms with E-state index in [1.165, 1.54) is 6.07 Å². The lowest BCUT2D eigenvalue weighted by molar-refractivity contribution is 0.102. The molecule has 0 aliphatic carbocycles. The molecule has 9 heteroatoms. The van der Waals surface area contributed by atoms with Crippen molar-refractivity contribution in [1.82, 2.24) is 9.97 Å². The predicted molar refractivity (Wildman–Crippen MR) is 114 cm³/mol. The van der Waals surface area contributed by atoms with Gasteiger partial charge in [0.15, 0.2) is 11.6 Å². The normalized spacial score (nSPS) is 13.7. The van der Waals surface area contributed by atoms with E-state index in [2.05, 4.69) is 25.5 Å².